The Bertz CT molecular complexity index is 2290. The average molecular weight is 766 g/mol. The predicted molar refractivity (Wildman–Crippen MR) is 210 cm³/mol. The van der Waals surface area contributed by atoms with Crippen molar-refractivity contribution in [1.82, 2.24) is 4.57 Å². The highest BCUT2D eigenvalue weighted by Crippen LogP contribution is 2.60. The molecule has 0 saturated heterocycles. The van der Waals surface area contributed by atoms with Crippen molar-refractivity contribution in [1.29, 1.82) is 0 Å². The molecule has 2 heterocycles. The van der Waals surface area contributed by atoms with Gasteiger partial charge in [-0.1, -0.05) is 59.3 Å². The molecule has 4 bridgehead atoms. The normalized spacial score (nSPS) is 24.2. The first-order valence-corrected chi connectivity index (χ1v) is 20.1. The lowest BCUT2D eigenvalue weighted by Crippen LogP contribution is -2.48. The zero-order valence-corrected chi connectivity index (χ0v) is 32.3. The predicted octanol–water partition coefficient (Wildman–Crippen LogP) is 7.34. The van der Waals surface area contributed by atoms with Crippen molar-refractivity contribution in [2.45, 2.75) is 70.8 Å². The van der Waals surface area contributed by atoms with Gasteiger partial charge in [-0.3, -0.25) is 14.2 Å². The van der Waals surface area contributed by atoms with Crippen LogP contribution in [0.5, 0.6) is 11.5 Å². The molecular weight excluding hydrogens is 722 g/mol. The van der Waals surface area contributed by atoms with Crippen LogP contribution in [-0.4, -0.2) is 36.3 Å². The van der Waals surface area contributed by atoms with Gasteiger partial charge >= 0.3 is 5.97 Å². The van der Waals surface area contributed by atoms with Gasteiger partial charge in [0.15, 0.2) is 22.9 Å². The van der Waals surface area contributed by atoms with Gasteiger partial charge in [-0.05, 0) is 136 Å². The van der Waals surface area contributed by atoms with Gasteiger partial charge in [0.25, 0.3) is 11.5 Å². The maximum atomic E-state index is 14.1. The molecular formula is C43H44ClN3O6S. The lowest BCUT2D eigenvalue weighted by molar-refractivity contribution is -0.139. The van der Waals surface area contributed by atoms with Crippen LogP contribution in [0.3, 0.4) is 0 Å². The Morgan fingerprint density at radius 2 is 1.65 bits per heavy atom. The highest BCUT2D eigenvalue weighted by Gasteiger charge is 2.51. The van der Waals surface area contributed by atoms with Crippen LogP contribution in [0.4, 0.5) is 5.69 Å². The van der Waals surface area contributed by atoms with E-state index in [9.17, 15) is 14.4 Å². The third-order valence-electron chi connectivity index (χ3n) is 11.5. The van der Waals surface area contributed by atoms with Gasteiger partial charge in [0, 0.05) is 10.7 Å². The second-order valence-electron chi connectivity index (χ2n) is 15.1. The number of benzene rings is 3. The van der Waals surface area contributed by atoms with Crippen molar-refractivity contribution in [2.75, 3.05) is 25.1 Å². The lowest BCUT2D eigenvalue weighted by atomic mass is 9.48. The maximum absolute atomic E-state index is 14.1. The molecule has 4 saturated carbocycles. The summed E-state index contributed by atoms with van der Waals surface area (Å²) in [5.74, 6) is 2.68. The number of allylic oxidation sites excluding steroid dienone is 1. The SMILES string of the molecule is CCOC(=O)C1=C(C)N=c2s/c(=C/c3ccc(OCC(=O)Nc4ccc(C56CC7CC(CC(C7)C5)C6)cc4)c(OCC)c3)c(=O)n2[C@@H]1c1ccccc1Cl. The van der Waals surface area contributed by atoms with Crippen LogP contribution in [0.25, 0.3) is 6.08 Å². The van der Waals surface area contributed by atoms with Crippen molar-refractivity contribution in [2.24, 2.45) is 22.7 Å². The number of thiazole rings is 1. The third-order valence-corrected chi connectivity index (χ3v) is 12.8. The minimum absolute atomic E-state index is 0.178. The molecule has 0 radical (unpaired) electrons. The Labute approximate surface area is 323 Å². The number of ether oxygens (including phenoxy) is 3. The number of nitrogens with one attached hydrogen (secondary N) is 1. The van der Waals surface area contributed by atoms with Crippen molar-refractivity contribution in [3.63, 3.8) is 0 Å². The Kier molecular flexibility index (Phi) is 10.00. The summed E-state index contributed by atoms with van der Waals surface area (Å²) < 4.78 is 19.2. The number of carbonyl (C=O) groups excluding carboxylic acids is 2. The third kappa shape index (κ3) is 6.90. The quantitative estimate of drug-likeness (QED) is 0.160. The van der Waals surface area contributed by atoms with Crippen LogP contribution < -0.4 is 29.7 Å². The number of nitrogens with zero attached hydrogens (tertiary/aromatic N) is 2. The zero-order chi connectivity index (χ0) is 37.6. The first-order valence-electron chi connectivity index (χ1n) is 18.9. The molecule has 3 aromatic carbocycles. The summed E-state index contributed by atoms with van der Waals surface area (Å²) in [7, 11) is 0. The summed E-state index contributed by atoms with van der Waals surface area (Å²) in [6, 6.07) is 20.1. The van der Waals surface area contributed by atoms with Crippen molar-refractivity contribution in [3.05, 3.63) is 119 Å². The number of carbonyl (C=O) groups is 2. The molecule has 1 aromatic heterocycles. The van der Waals surface area contributed by atoms with Gasteiger partial charge in [-0.25, -0.2) is 9.79 Å². The number of anilines is 1. The fourth-order valence-corrected chi connectivity index (χ4v) is 10.9. The first kappa shape index (κ1) is 36.3. The van der Waals surface area contributed by atoms with Gasteiger partial charge in [-0.2, -0.15) is 0 Å². The largest absolute Gasteiger partial charge is 0.490 e. The Morgan fingerprint density at radius 3 is 2.31 bits per heavy atom. The monoisotopic (exact) mass is 765 g/mol. The number of hydrogen-bond donors (Lipinski definition) is 1. The first-order chi connectivity index (χ1) is 26.1. The molecule has 11 heteroatoms. The summed E-state index contributed by atoms with van der Waals surface area (Å²) in [5, 5.41) is 3.40. The molecule has 54 heavy (non-hydrogen) atoms. The second-order valence-corrected chi connectivity index (χ2v) is 16.5. The summed E-state index contributed by atoms with van der Waals surface area (Å²) in [6.45, 7) is 5.69. The molecule has 5 aliphatic rings. The van der Waals surface area contributed by atoms with E-state index < -0.39 is 12.0 Å². The van der Waals surface area contributed by atoms with Crippen LogP contribution in [0.15, 0.2) is 87.8 Å². The van der Waals surface area contributed by atoms with Gasteiger partial charge in [0.1, 0.15) is 6.04 Å². The van der Waals surface area contributed by atoms with E-state index in [4.69, 9.17) is 25.8 Å². The highest BCUT2D eigenvalue weighted by molar-refractivity contribution is 7.07. The Morgan fingerprint density at radius 1 is 0.944 bits per heavy atom. The van der Waals surface area contributed by atoms with E-state index in [1.54, 1.807) is 56.3 Å². The molecule has 1 atom stereocenters. The van der Waals surface area contributed by atoms with Crippen LogP contribution >= 0.6 is 22.9 Å². The van der Waals surface area contributed by atoms with E-state index in [0.29, 0.717) is 54.7 Å². The summed E-state index contributed by atoms with van der Waals surface area (Å²) in [5.41, 5.74) is 4.18. The number of halogens is 1. The van der Waals surface area contributed by atoms with E-state index in [2.05, 4.69) is 22.4 Å². The van der Waals surface area contributed by atoms with Gasteiger partial charge in [0.2, 0.25) is 0 Å². The number of amides is 1. The van der Waals surface area contributed by atoms with E-state index in [1.165, 1.54) is 60.0 Å². The van der Waals surface area contributed by atoms with Gasteiger partial charge in [0.05, 0.1) is 29.0 Å². The van der Waals surface area contributed by atoms with Crippen LogP contribution in [-0.2, 0) is 19.7 Å². The molecule has 1 amide bonds. The fourth-order valence-electron chi connectivity index (χ4n) is 9.65. The van der Waals surface area contributed by atoms with Gasteiger partial charge in [-0.15, -0.1) is 0 Å². The smallest absolute Gasteiger partial charge is 0.338 e. The van der Waals surface area contributed by atoms with E-state index in [0.717, 1.165) is 23.4 Å². The highest BCUT2D eigenvalue weighted by atomic mass is 35.5. The van der Waals surface area contributed by atoms with Crippen molar-refractivity contribution < 1.29 is 23.8 Å². The molecule has 0 unspecified atom stereocenters. The summed E-state index contributed by atoms with van der Waals surface area (Å²) >= 11 is 7.85. The Balaban J connectivity index is 0.996. The molecule has 4 aromatic rings. The molecule has 9 rings (SSSR count). The number of rotatable bonds is 11. The fraction of sp³-hybridized carbons (Fsp3) is 0.395. The van der Waals surface area contributed by atoms with Crippen LogP contribution in [0.2, 0.25) is 5.02 Å². The number of esters is 1. The van der Waals surface area contributed by atoms with Crippen molar-refractivity contribution >= 4 is 46.6 Å². The number of aromatic nitrogens is 1. The average Bonchev–Trinajstić information content (AvgIpc) is 3.44. The minimum atomic E-state index is -0.809. The number of hydrogen-bond acceptors (Lipinski definition) is 8. The Hall–Kier alpha value is -4.67. The summed E-state index contributed by atoms with van der Waals surface area (Å²) in [4.78, 5) is 45.4. The molecule has 4 aliphatic carbocycles. The maximum Gasteiger partial charge on any atom is 0.338 e. The molecule has 4 fully saturated rings. The van der Waals surface area contributed by atoms with Crippen LogP contribution in [0, 0.1) is 17.8 Å². The van der Waals surface area contributed by atoms with Crippen molar-refractivity contribution in [3.8, 4) is 11.5 Å². The lowest BCUT2D eigenvalue weighted by Gasteiger charge is -2.57. The number of fused-ring (bicyclic) bond motifs is 1. The van der Waals surface area contributed by atoms with Crippen LogP contribution in [0.1, 0.15) is 82.0 Å². The van der Waals surface area contributed by atoms with E-state index >= 15 is 0 Å². The van der Waals surface area contributed by atoms with E-state index in [1.807, 2.05) is 25.1 Å². The summed E-state index contributed by atoms with van der Waals surface area (Å²) in [6.07, 6.45) is 9.90. The van der Waals surface area contributed by atoms with E-state index in [-0.39, 0.29) is 30.3 Å². The molecule has 1 aliphatic heterocycles. The molecule has 9 nitrogen and oxygen atoms in total. The molecule has 280 valence electrons. The molecule has 1 N–H and O–H groups in total. The topological polar surface area (TPSA) is 108 Å². The van der Waals surface area contributed by atoms with Gasteiger partial charge < -0.3 is 19.5 Å². The minimum Gasteiger partial charge on any atom is -0.490 e. The molecule has 0 spiro atoms. The second kappa shape index (κ2) is 14.9. The standard InChI is InChI=1S/C43H44ClN3O6S/c1-4-51-35-19-26(20-36-40(49)47-39(32-8-6-7-9-33(32)44)38(41(50)52-5-2)25(3)45-42(47)54-36)10-15-34(35)53-24-37(48)46-31-13-11-30(12-14-31)43-21-27-16-28(22-43)18-29(17-27)23-43/h6-15,19-20,27-29,39H,4-5,16-18,21-24H2,1-3H3,(H,46,48)/b36-20+/t27?,28?,29?,39-,43?/m1/s1. The zero-order valence-electron chi connectivity index (χ0n) is 30.7.